The fraction of sp³-hybridized carbons (Fsp3) is 0.263. The van der Waals surface area contributed by atoms with Crippen LogP contribution in [0.3, 0.4) is 0 Å². The highest BCUT2D eigenvalue weighted by molar-refractivity contribution is 7.95. The Hall–Kier alpha value is -3.07. The number of rotatable bonds is 8. The van der Waals surface area contributed by atoms with E-state index in [1.54, 1.807) is 6.07 Å². The predicted molar refractivity (Wildman–Crippen MR) is 103 cm³/mol. The van der Waals surface area contributed by atoms with E-state index in [2.05, 4.69) is 0 Å². The topological polar surface area (TPSA) is 101 Å². The van der Waals surface area contributed by atoms with Crippen molar-refractivity contribution in [2.24, 2.45) is 0 Å². The van der Waals surface area contributed by atoms with Gasteiger partial charge in [0, 0.05) is 12.1 Å². The molecule has 152 valence electrons. The number of phenolic OH excluding ortho intramolecular Hbond substituents is 1. The second-order valence-electron chi connectivity index (χ2n) is 5.46. The van der Waals surface area contributed by atoms with E-state index >= 15 is 0 Å². The van der Waals surface area contributed by atoms with Gasteiger partial charge in [-0.05, 0) is 23.8 Å². The molecule has 0 saturated heterocycles. The largest absolute Gasteiger partial charge is 0.504 e. The minimum absolute atomic E-state index is 0.104. The van der Waals surface area contributed by atoms with Crippen molar-refractivity contribution in [3.05, 3.63) is 41.0 Å². The Labute approximate surface area is 163 Å². The third-order valence-corrected chi connectivity index (χ3v) is 5.57. The summed E-state index contributed by atoms with van der Waals surface area (Å²) in [5.41, 5.74) is 0.408. The maximum Gasteiger partial charge on any atom is 0.239 e. The summed E-state index contributed by atoms with van der Waals surface area (Å²) in [4.78, 5) is -0.104. The number of methoxy groups -OCH3 is 5. The molecule has 2 aromatic rings. The van der Waals surface area contributed by atoms with E-state index in [0.717, 1.165) is 0 Å². The fourth-order valence-corrected chi connectivity index (χ4v) is 3.77. The molecule has 0 spiro atoms. The molecule has 0 aromatic heterocycles. The lowest BCUT2D eigenvalue weighted by Crippen LogP contribution is -2.08. The molecular weight excluding hydrogens is 388 g/mol. The van der Waals surface area contributed by atoms with Crippen molar-refractivity contribution in [2.45, 2.75) is 4.90 Å². The highest BCUT2D eigenvalue weighted by Gasteiger charge is 2.26. The molecule has 0 fully saturated rings. The van der Waals surface area contributed by atoms with Crippen LogP contribution in [-0.4, -0.2) is 49.1 Å². The molecule has 0 aliphatic rings. The first kappa shape index (κ1) is 21.2. The second-order valence-corrected chi connectivity index (χ2v) is 7.34. The molecule has 0 radical (unpaired) electrons. The molecule has 0 heterocycles. The molecule has 0 bridgehead atoms. The maximum atomic E-state index is 13.1. The first-order chi connectivity index (χ1) is 13.3. The van der Waals surface area contributed by atoms with E-state index in [1.165, 1.54) is 65.9 Å². The van der Waals surface area contributed by atoms with Crippen molar-refractivity contribution in [3.63, 3.8) is 0 Å². The third-order valence-electron chi connectivity index (χ3n) is 3.90. The van der Waals surface area contributed by atoms with Crippen LogP contribution in [0.25, 0.3) is 6.08 Å². The molecule has 0 unspecified atom stereocenters. The average Bonchev–Trinajstić information content (AvgIpc) is 2.70. The zero-order valence-corrected chi connectivity index (χ0v) is 17.0. The van der Waals surface area contributed by atoms with Crippen molar-refractivity contribution in [1.29, 1.82) is 0 Å². The average molecular weight is 410 g/mol. The van der Waals surface area contributed by atoms with Gasteiger partial charge in [-0.25, -0.2) is 8.42 Å². The number of aromatic hydroxyl groups is 1. The fourth-order valence-electron chi connectivity index (χ4n) is 2.51. The van der Waals surface area contributed by atoms with Crippen LogP contribution >= 0.6 is 0 Å². The van der Waals surface area contributed by atoms with E-state index in [9.17, 15) is 13.5 Å². The van der Waals surface area contributed by atoms with E-state index in [1.807, 2.05) is 0 Å². The minimum Gasteiger partial charge on any atom is -0.504 e. The molecule has 2 aromatic carbocycles. The number of sulfone groups is 1. The van der Waals surface area contributed by atoms with Gasteiger partial charge in [-0.2, -0.15) is 0 Å². The zero-order valence-electron chi connectivity index (χ0n) is 16.2. The summed E-state index contributed by atoms with van der Waals surface area (Å²) in [6.45, 7) is 0. The molecule has 1 N–H and O–H groups in total. The first-order valence-electron chi connectivity index (χ1n) is 8.00. The molecule has 28 heavy (non-hydrogen) atoms. The van der Waals surface area contributed by atoms with Crippen LogP contribution in [-0.2, 0) is 14.6 Å². The van der Waals surface area contributed by atoms with Crippen LogP contribution in [0, 0.1) is 0 Å². The van der Waals surface area contributed by atoms with Gasteiger partial charge in [-0.1, -0.05) is 6.07 Å². The maximum absolute atomic E-state index is 13.1. The summed E-state index contributed by atoms with van der Waals surface area (Å²) >= 11 is 0. The lowest BCUT2D eigenvalue weighted by molar-refractivity contribution is 0.318. The molecule has 9 heteroatoms. The number of ether oxygens (including phenoxy) is 5. The zero-order chi connectivity index (χ0) is 20.9. The highest BCUT2D eigenvalue weighted by atomic mass is 32.2. The molecule has 2 rings (SSSR count). The predicted octanol–water partition coefficient (Wildman–Crippen LogP) is 2.85. The Morgan fingerprint density at radius 1 is 0.857 bits per heavy atom. The van der Waals surface area contributed by atoms with Crippen LogP contribution in [0.2, 0.25) is 0 Å². The lowest BCUT2D eigenvalue weighted by atomic mass is 10.2. The SMILES string of the molecule is CO/C(=C\c1ccc(OC)c(O)c1)S(=O)(=O)c1cc(OC)c(OC)c(OC)c1. The van der Waals surface area contributed by atoms with Crippen LogP contribution in [0.1, 0.15) is 5.56 Å². The van der Waals surface area contributed by atoms with E-state index in [-0.39, 0.29) is 38.7 Å². The normalized spacial score (nSPS) is 11.7. The molecule has 0 saturated carbocycles. The van der Waals surface area contributed by atoms with Gasteiger partial charge in [0.25, 0.3) is 0 Å². The summed E-state index contributed by atoms with van der Waals surface area (Å²) in [6, 6.07) is 7.09. The summed E-state index contributed by atoms with van der Waals surface area (Å²) < 4.78 is 51.9. The lowest BCUT2D eigenvalue weighted by Gasteiger charge is -2.15. The molecule has 0 aliphatic heterocycles. The second kappa shape index (κ2) is 8.75. The van der Waals surface area contributed by atoms with Gasteiger partial charge in [-0.3, -0.25) is 0 Å². The van der Waals surface area contributed by atoms with Crippen LogP contribution in [0.4, 0.5) is 0 Å². The highest BCUT2D eigenvalue weighted by Crippen LogP contribution is 2.40. The van der Waals surface area contributed by atoms with E-state index < -0.39 is 9.84 Å². The summed E-state index contributed by atoms with van der Waals surface area (Å²) in [6.07, 6.45) is 1.29. The standard InChI is InChI=1S/C19H22O8S/c1-23-15-7-6-12(8-14(15)20)9-18(26-4)28(21,22)13-10-16(24-2)19(27-5)17(11-13)25-3/h6-11,20H,1-5H3/b18-9+. The summed E-state index contributed by atoms with van der Waals surface area (Å²) in [5, 5.41) is 9.57. The molecule has 8 nitrogen and oxygen atoms in total. The molecule has 0 amide bonds. The van der Waals surface area contributed by atoms with Crippen molar-refractivity contribution in [1.82, 2.24) is 0 Å². The van der Waals surface area contributed by atoms with Crippen LogP contribution in [0.15, 0.2) is 40.3 Å². The smallest absolute Gasteiger partial charge is 0.239 e. The Morgan fingerprint density at radius 3 is 1.86 bits per heavy atom. The van der Waals surface area contributed by atoms with Gasteiger partial charge in [0.15, 0.2) is 23.0 Å². The van der Waals surface area contributed by atoms with Gasteiger partial charge in [0.05, 0.1) is 40.4 Å². The van der Waals surface area contributed by atoms with Crippen molar-refractivity contribution in [3.8, 4) is 28.7 Å². The third kappa shape index (κ3) is 4.09. The summed E-state index contributed by atoms with van der Waals surface area (Å²) in [7, 11) is 2.80. The van der Waals surface area contributed by atoms with Gasteiger partial charge < -0.3 is 28.8 Å². The Bertz CT molecular complexity index is 954. The number of phenols is 1. The van der Waals surface area contributed by atoms with Crippen LogP contribution in [0.5, 0.6) is 28.7 Å². The number of benzene rings is 2. The Morgan fingerprint density at radius 2 is 1.43 bits per heavy atom. The molecular formula is C19H22O8S. The quantitative estimate of drug-likeness (QED) is 0.663. The van der Waals surface area contributed by atoms with Crippen molar-refractivity contribution >= 4 is 15.9 Å². The van der Waals surface area contributed by atoms with Crippen molar-refractivity contribution < 1.29 is 37.2 Å². The van der Waals surface area contributed by atoms with Crippen LogP contribution < -0.4 is 18.9 Å². The van der Waals surface area contributed by atoms with Gasteiger partial charge in [0.2, 0.25) is 20.7 Å². The van der Waals surface area contributed by atoms with Crippen molar-refractivity contribution in [2.75, 3.05) is 35.5 Å². The molecule has 0 aliphatic carbocycles. The Kier molecular flexibility index (Phi) is 6.63. The summed E-state index contributed by atoms with van der Waals surface area (Å²) in [5.74, 6) is 0.795. The number of hydrogen-bond donors (Lipinski definition) is 1. The van der Waals surface area contributed by atoms with Gasteiger partial charge in [-0.15, -0.1) is 0 Å². The number of hydrogen-bond acceptors (Lipinski definition) is 8. The monoisotopic (exact) mass is 410 g/mol. The molecule has 0 atom stereocenters. The Balaban J connectivity index is 2.59. The van der Waals surface area contributed by atoms with E-state index in [0.29, 0.717) is 5.56 Å². The first-order valence-corrected chi connectivity index (χ1v) is 9.48. The van der Waals surface area contributed by atoms with Gasteiger partial charge >= 0.3 is 0 Å². The van der Waals surface area contributed by atoms with Gasteiger partial charge in [0.1, 0.15) is 0 Å². The minimum atomic E-state index is -4.06. The van der Waals surface area contributed by atoms with E-state index in [4.69, 9.17) is 23.7 Å².